The van der Waals surface area contributed by atoms with Crippen molar-refractivity contribution in [2.24, 2.45) is 0 Å². The second-order valence-corrected chi connectivity index (χ2v) is 36.0. The topological polar surface area (TPSA) is 16.3 Å². The van der Waals surface area contributed by atoms with Crippen molar-refractivity contribution < 1.29 is 0 Å². The Morgan fingerprint density at radius 3 is 1.00 bits per heavy atom. The number of hydrogen-bond acceptors (Lipinski definition) is 2. The molecule has 0 spiro atoms. The van der Waals surface area contributed by atoms with Gasteiger partial charge in [-0.25, -0.2) is 0 Å². The van der Waals surface area contributed by atoms with Gasteiger partial charge in [0.2, 0.25) is 0 Å². The van der Waals surface area contributed by atoms with E-state index in [2.05, 4.69) is 424 Å². The Bertz CT molecular complexity index is 6930. The first kappa shape index (κ1) is 68.3. The Labute approximate surface area is 663 Å². The van der Waals surface area contributed by atoms with Crippen LogP contribution in [-0.2, 0) is 21.7 Å². The van der Waals surface area contributed by atoms with Gasteiger partial charge >= 0.3 is 0 Å². The van der Waals surface area contributed by atoms with Gasteiger partial charge in [0, 0.05) is 77.9 Å². The molecule has 0 N–H and O–H groups in total. The highest BCUT2D eigenvalue weighted by Gasteiger charge is 2.47. The van der Waals surface area contributed by atoms with Crippen LogP contribution in [0.5, 0.6) is 0 Å². The van der Waals surface area contributed by atoms with E-state index in [0.717, 1.165) is 78.9 Å². The van der Waals surface area contributed by atoms with Crippen molar-refractivity contribution in [1.82, 2.24) is 9.13 Å². The number of fused-ring (bicyclic) bond motifs is 8. The number of aromatic nitrogens is 2. The first-order chi connectivity index (χ1) is 54.6. The third-order valence-electron chi connectivity index (χ3n) is 25.0. The number of hydrogen-bond donors (Lipinski definition) is 0. The minimum absolute atomic E-state index is 0.134. The third kappa shape index (κ3) is 10.6. The van der Waals surface area contributed by atoms with E-state index in [1.54, 1.807) is 0 Å². The molecule has 2 aliphatic rings. The zero-order valence-electron chi connectivity index (χ0n) is 66.5. The summed E-state index contributed by atoms with van der Waals surface area (Å²) in [5.74, 6) is 0. The van der Waals surface area contributed by atoms with Crippen LogP contribution in [0.15, 0.2) is 322 Å². The molecule has 0 unspecified atom stereocenters. The van der Waals surface area contributed by atoms with Gasteiger partial charge in [-0.3, -0.25) is 0 Å². The van der Waals surface area contributed by atoms with Gasteiger partial charge in [-0.2, -0.15) is 0 Å². The number of para-hydroxylation sites is 2. The highest BCUT2D eigenvalue weighted by Crippen LogP contribution is 2.57. The van der Waals surface area contributed by atoms with Crippen LogP contribution < -0.4 is 26.2 Å². The second-order valence-electron chi connectivity index (χ2n) is 36.0. The molecule has 19 aromatic rings. The number of rotatable bonds is 9. The number of benzene rings is 17. The SMILES string of the molecule is CC(C)(C)c1cccc(-c2cc(C(C)(C)C)cc(-c3ccccc3)c2N2c3cc(-n4c5ccccc5c5ccccc54)ccc3B3c4ccc(-n5c6ccc7cccc8c9cccc%10ccc5c(c%109)c6c78)cc4N(c4c(-c5ccccc5)cc(C(C)(C)C)cc4-c4cccc(C(C)(C)C)c4)c4cc(-c5ccccc5)cc2c43)c1. The fourth-order valence-corrected chi connectivity index (χ4v) is 19.2. The molecule has 5 heteroatoms. The quantitative estimate of drug-likeness (QED) is 0.0813. The maximum absolute atomic E-state index is 2.77. The van der Waals surface area contributed by atoms with Crippen LogP contribution in [0.2, 0.25) is 0 Å². The van der Waals surface area contributed by atoms with Crippen LogP contribution in [0.25, 0.3) is 143 Å². The van der Waals surface area contributed by atoms with E-state index in [9.17, 15) is 0 Å². The Morgan fingerprint density at radius 1 is 0.230 bits per heavy atom. The van der Waals surface area contributed by atoms with Gasteiger partial charge in [-0.05, 0) is 211 Å². The molecule has 0 saturated carbocycles. The predicted molar refractivity (Wildman–Crippen MR) is 486 cm³/mol. The molecule has 0 radical (unpaired) electrons. The first-order valence-corrected chi connectivity index (χ1v) is 40.3. The molecule has 113 heavy (non-hydrogen) atoms. The molecule has 544 valence electrons. The van der Waals surface area contributed by atoms with Gasteiger partial charge in [-0.1, -0.05) is 320 Å². The van der Waals surface area contributed by atoms with Crippen LogP contribution >= 0.6 is 0 Å². The summed E-state index contributed by atoms with van der Waals surface area (Å²) in [5, 5.41) is 12.8. The van der Waals surface area contributed by atoms with Gasteiger partial charge < -0.3 is 18.9 Å². The Kier molecular flexibility index (Phi) is 15.1. The standard InChI is InChI=1S/C108H89BN4/c1-105(2,3)74-40-26-38-71(56-74)86-62-76(107(7,8)9)60-84(67-32-18-14-19-33-67)103(86)112-94-64-78(110-90-46-24-22-42-80(90)81-43-23-25-47-91(81)110)50-52-88(94)109-89-53-51-79(111-92-54-48-69-36-28-44-82-83-45-29-37-70-49-55-93(111)101(99(70)83)100(92)98(69)82)65-95(89)113(97-59-73(58-96(112)102(97)109)66-30-16-13-17-31-66)104-85(68-34-20-15-21-35-68)61-77(108(10,11)12)63-87(104)72-39-27-41-75(57-72)106(4,5)6/h13-65H,1-12H3. The molecular formula is C108H89BN4. The zero-order chi connectivity index (χ0) is 76.9. The maximum atomic E-state index is 2.77. The highest BCUT2D eigenvalue weighted by atomic mass is 15.2. The lowest BCUT2D eigenvalue weighted by molar-refractivity contribution is 0.589. The monoisotopic (exact) mass is 1450 g/mol. The van der Waals surface area contributed by atoms with E-state index >= 15 is 0 Å². The van der Waals surface area contributed by atoms with Crippen LogP contribution in [0.4, 0.5) is 34.1 Å². The maximum Gasteiger partial charge on any atom is 0.252 e. The number of anilines is 6. The summed E-state index contributed by atoms with van der Waals surface area (Å²) < 4.78 is 5.12. The van der Waals surface area contributed by atoms with Gasteiger partial charge in [0.05, 0.1) is 33.4 Å². The molecule has 0 aliphatic carbocycles. The lowest BCUT2D eigenvalue weighted by Gasteiger charge is -2.46. The lowest BCUT2D eigenvalue weighted by Crippen LogP contribution is -2.61. The van der Waals surface area contributed by atoms with E-state index in [0.29, 0.717) is 0 Å². The zero-order valence-corrected chi connectivity index (χ0v) is 66.5. The summed E-state index contributed by atoms with van der Waals surface area (Å²) in [6.07, 6.45) is 0. The van der Waals surface area contributed by atoms with E-state index in [-0.39, 0.29) is 28.4 Å². The molecule has 21 rings (SSSR count). The van der Waals surface area contributed by atoms with Crippen molar-refractivity contribution in [3.63, 3.8) is 0 Å². The van der Waals surface area contributed by atoms with E-state index in [1.165, 1.54) is 137 Å². The number of nitrogens with zero attached hydrogens (tertiary/aromatic N) is 4. The minimum atomic E-state index is -0.287. The summed E-state index contributed by atoms with van der Waals surface area (Å²) in [4.78, 5) is 5.52. The second kappa shape index (κ2) is 24.9. The van der Waals surface area contributed by atoms with Crippen molar-refractivity contribution in [2.45, 2.75) is 105 Å². The molecule has 0 bridgehead atoms. The molecular weight excluding hydrogens is 1360 g/mol. The first-order valence-electron chi connectivity index (χ1n) is 40.3. The van der Waals surface area contributed by atoms with Gasteiger partial charge in [0.1, 0.15) is 0 Å². The Balaban J connectivity index is 0.963. The van der Waals surface area contributed by atoms with Crippen molar-refractivity contribution in [2.75, 3.05) is 9.80 Å². The summed E-state index contributed by atoms with van der Waals surface area (Å²) in [6, 6.07) is 124. The predicted octanol–water partition coefficient (Wildman–Crippen LogP) is 27.8. The highest BCUT2D eigenvalue weighted by molar-refractivity contribution is 7.00. The van der Waals surface area contributed by atoms with Crippen molar-refractivity contribution >= 4 is 133 Å². The largest absolute Gasteiger partial charge is 0.310 e. The van der Waals surface area contributed by atoms with Crippen LogP contribution in [0.1, 0.15) is 105 Å². The molecule has 4 heterocycles. The summed E-state index contributed by atoms with van der Waals surface area (Å²) in [6.45, 7) is 28.1. The smallest absolute Gasteiger partial charge is 0.252 e. The fourth-order valence-electron chi connectivity index (χ4n) is 19.2. The normalized spacial score (nSPS) is 13.3. The minimum Gasteiger partial charge on any atom is -0.310 e. The van der Waals surface area contributed by atoms with Crippen molar-refractivity contribution in [3.05, 3.63) is 344 Å². The van der Waals surface area contributed by atoms with E-state index in [1.807, 2.05) is 0 Å². The molecule has 0 saturated heterocycles. The molecule has 0 fully saturated rings. The third-order valence-corrected chi connectivity index (χ3v) is 25.0. The Hall–Kier alpha value is -12.7. The van der Waals surface area contributed by atoms with Crippen molar-refractivity contribution in [3.8, 4) is 67.0 Å². The van der Waals surface area contributed by atoms with Gasteiger partial charge in [0.25, 0.3) is 6.71 Å². The summed E-state index contributed by atoms with van der Waals surface area (Å²) >= 11 is 0. The average molecular weight is 1450 g/mol. The molecule has 17 aromatic carbocycles. The Morgan fingerprint density at radius 2 is 0.584 bits per heavy atom. The summed E-state index contributed by atoms with van der Waals surface area (Å²) in [5.41, 5.74) is 33.3. The summed E-state index contributed by atoms with van der Waals surface area (Å²) in [7, 11) is 0. The van der Waals surface area contributed by atoms with E-state index < -0.39 is 0 Å². The van der Waals surface area contributed by atoms with Gasteiger partial charge in [0.15, 0.2) is 0 Å². The molecule has 2 aromatic heterocycles. The van der Waals surface area contributed by atoms with Gasteiger partial charge in [-0.15, -0.1) is 0 Å². The molecule has 4 nitrogen and oxygen atoms in total. The average Bonchev–Trinajstić information content (AvgIpc) is 1.11. The van der Waals surface area contributed by atoms with Crippen LogP contribution in [0.3, 0.4) is 0 Å². The van der Waals surface area contributed by atoms with Crippen LogP contribution in [0, 0.1) is 0 Å². The van der Waals surface area contributed by atoms with Crippen molar-refractivity contribution in [1.29, 1.82) is 0 Å². The van der Waals surface area contributed by atoms with E-state index in [4.69, 9.17) is 0 Å². The molecule has 0 atom stereocenters. The lowest BCUT2D eigenvalue weighted by atomic mass is 9.33. The fraction of sp³-hybridized carbons (Fsp3) is 0.148. The molecule has 0 amide bonds. The van der Waals surface area contributed by atoms with Crippen LogP contribution in [-0.4, -0.2) is 15.8 Å². The molecule has 2 aliphatic heterocycles.